The van der Waals surface area contributed by atoms with Gasteiger partial charge >= 0.3 is 5.97 Å². The third kappa shape index (κ3) is 2.84. The van der Waals surface area contributed by atoms with Crippen molar-refractivity contribution >= 4 is 27.8 Å². The van der Waals surface area contributed by atoms with Gasteiger partial charge in [0, 0.05) is 0 Å². The van der Waals surface area contributed by atoms with Gasteiger partial charge < -0.3 is 15.2 Å². The molecule has 1 heterocycles. The van der Waals surface area contributed by atoms with Crippen molar-refractivity contribution < 1.29 is 14.6 Å². The largest absolute Gasteiger partial charge is 0.480 e. The van der Waals surface area contributed by atoms with Gasteiger partial charge in [0.15, 0.2) is 0 Å². The van der Waals surface area contributed by atoms with Gasteiger partial charge in [0.05, 0.1) is 17.8 Å². The van der Waals surface area contributed by atoms with Gasteiger partial charge in [0.2, 0.25) is 11.8 Å². The summed E-state index contributed by atoms with van der Waals surface area (Å²) < 4.78 is 5.52. The average molecular weight is 262 g/mol. The Hall–Kier alpha value is -1.37. The van der Waals surface area contributed by atoms with Crippen LogP contribution in [0.1, 0.15) is 0 Å². The molecule has 1 rings (SSSR count). The van der Waals surface area contributed by atoms with Gasteiger partial charge in [-0.2, -0.15) is 4.98 Å². The zero-order valence-electron chi connectivity index (χ0n) is 7.32. The third-order valence-corrected chi connectivity index (χ3v) is 1.85. The van der Waals surface area contributed by atoms with Crippen LogP contribution in [-0.4, -0.2) is 34.7 Å². The quantitative estimate of drug-likeness (QED) is 0.832. The van der Waals surface area contributed by atoms with Gasteiger partial charge in [-0.05, 0) is 15.9 Å². The maximum absolute atomic E-state index is 10.2. The van der Waals surface area contributed by atoms with Gasteiger partial charge in [0.25, 0.3) is 0 Å². The molecule has 0 radical (unpaired) electrons. The summed E-state index contributed by atoms with van der Waals surface area (Å²) in [5.41, 5.74) is 0. The molecule has 0 saturated carbocycles. The van der Waals surface area contributed by atoms with Crippen LogP contribution in [0.4, 0.5) is 5.95 Å². The van der Waals surface area contributed by atoms with E-state index in [4.69, 9.17) is 9.84 Å². The Bertz CT molecular complexity index is 345. The molecule has 76 valence electrons. The minimum Gasteiger partial charge on any atom is -0.480 e. The van der Waals surface area contributed by atoms with Gasteiger partial charge in [-0.15, -0.1) is 0 Å². The van der Waals surface area contributed by atoms with Crippen LogP contribution in [0, 0.1) is 0 Å². The first kappa shape index (κ1) is 10.7. The fourth-order valence-corrected chi connectivity index (χ4v) is 1.09. The Balaban J connectivity index is 2.74. The minimum absolute atomic E-state index is 0.215. The first-order valence-corrected chi connectivity index (χ1v) is 4.45. The number of ether oxygens (including phenoxy) is 1. The number of nitrogens with one attached hydrogen (secondary N) is 1. The molecular weight excluding hydrogens is 254 g/mol. The van der Waals surface area contributed by atoms with E-state index in [0.29, 0.717) is 10.4 Å². The van der Waals surface area contributed by atoms with Crippen LogP contribution in [0.15, 0.2) is 10.7 Å². The number of carboxylic acid groups (broad SMARTS) is 1. The van der Waals surface area contributed by atoms with E-state index in [1.807, 2.05) is 0 Å². The SMILES string of the molecule is COc1nc(NCC(=O)O)ncc1Br. The molecule has 0 amide bonds. The van der Waals surface area contributed by atoms with E-state index in [1.165, 1.54) is 13.3 Å². The molecule has 1 aromatic heterocycles. The number of hydrogen-bond donors (Lipinski definition) is 2. The molecule has 0 unspecified atom stereocenters. The van der Waals surface area contributed by atoms with Crippen molar-refractivity contribution in [3.05, 3.63) is 10.7 Å². The highest BCUT2D eigenvalue weighted by Gasteiger charge is 2.05. The highest BCUT2D eigenvalue weighted by molar-refractivity contribution is 9.10. The van der Waals surface area contributed by atoms with E-state index in [1.54, 1.807) is 0 Å². The summed E-state index contributed by atoms with van der Waals surface area (Å²) in [6.07, 6.45) is 1.48. The second-order valence-electron chi connectivity index (χ2n) is 2.30. The molecule has 6 nitrogen and oxygen atoms in total. The number of methoxy groups -OCH3 is 1. The second-order valence-corrected chi connectivity index (χ2v) is 3.15. The third-order valence-electron chi connectivity index (χ3n) is 1.30. The Kier molecular flexibility index (Phi) is 3.63. The van der Waals surface area contributed by atoms with Crippen molar-refractivity contribution in [1.82, 2.24) is 9.97 Å². The molecule has 0 saturated heterocycles. The predicted octanol–water partition coefficient (Wildman–Crippen LogP) is 0.744. The standard InChI is InChI=1S/C7H8BrN3O3/c1-14-6-4(8)2-9-7(11-6)10-3-5(12)13/h2H,3H2,1H3,(H,12,13)(H,9,10,11). The van der Waals surface area contributed by atoms with Crippen LogP contribution >= 0.6 is 15.9 Å². The molecule has 0 aliphatic carbocycles. The maximum Gasteiger partial charge on any atom is 0.322 e. The van der Waals surface area contributed by atoms with Crippen molar-refractivity contribution in [2.75, 3.05) is 19.0 Å². The number of aromatic nitrogens is 2. The van der Waals surface area contributed by atoms with Crippen molar-refractivity contribution in [3.63, 3.8) is 0 Å². The molecule has 0 aliphatic rings. The van der Waals surface area contributed by atoms with Crippen molar-refractivity contribution in [2.24, 2.45) is 0 Å². The number of carboxylic acids is 1. The van der Waals surface area contributed by atoms with Crippen LogP contribution < -0.4 is 10.1 Å². The summed E-state index contributed by atoms with van der Waals surface area (Å²) in [6, 6.07) is 0. The lowest BCUT2D eigenvalue weighted by molar-refractivity contribution is -0.134. The number of rotatable bonds is 4. The maximum atomic E-state index is 10.2. The molecule has 0 aliphatic heterocycles. The van der Waals surface area contributed by atoms with E-state index < -0.39 is 5.97 Å². The van der Waals surface area contributed by atoms with Crippen LogP contribution in [0.5, 0.6) is 5.88 Å². The highest BCUT2D eigenvalue weighted by atomic mass is 79.9. The summed E-state index contributed by atoms with van der Waals surface area (Å²) in [5.74, 6) is -0.407. The molecule has 1 aromatic rings. The Labute approximate surface area is 88.5 Å². The second kappa shape index (κ2) is 4.75. The van der Waals surface area contributed by atoms with E-state index in [0.717, 1.165) is 0 Å². The first-order valence-electron chi connectivity index (χ1n) is 3.65. The number of hydrogen-bond acceptors (Lipinski definition) is 5. The molecule has 0 bridgehead atoms. The lowest BCUT2D eigenvalue weighted by Crippen LogP contribution is -2.14. The van der Waals surface area contributed by atoms with Crippen molar-refractivity contribution in [1.29, 1.82) is 0 Å². The zero-order valence-corrected chi connectivity index (χ0v) is 8.91. The first-order chi connectivity index (χ1) is 6.63. The summed E-state index contributed by atoms with van der Waals surface area (Å²) in [7, 11) is 1.47. The van der Waals surface area contributed by atoms with Crippen molar-refractivity contribution in [3.8, 4) is 5.88 Å². The van der Waals surface area contributed by atoms with E-state index in [9.17, 15) is 4.79 Å². The number of halogens is 1. The van der Waals surface area contributed by atoms with Crippen LogP contribution in [0.25, 0.3) is 0 Å². The fraction of sp³-hybridized carbons (Fsp3) is 0.286. The van der Waals surface area contributed by atoms with Gasteiger partial charge in [0.1, 0.15) is 6.54 Å². The van der Waals surface area contributed by atoms with Crippen LogP contribution in [0.3, 0.4) is 0 Å². The van der Waals surface area contributed by atoms with Crippen LogP contribution in [0.2, 0.25) is 0 Å². The predicted molar refractivity (Wildman–Crippen MR) is 52.4 cm³/mol. The summed E-state index contributed by atoms with van der Waals surface area (Å²) in [6.45, 7) is -0.231. The Morgan fingerprint density at radius 3 is 3.07 bits per heavy atom. The Morgan fingerprint density at radius 2 is 2.50 bits per heavy atom. The molecule has 7 heteroatoms. The Morgan fingerprint density at radius 1 is 1.79 bits per heavy atom. The smallest absolute Gasteiger partial charge is 0.322 e. The molecule has 0 atom stereocenters. The molecule has 0 fully saturated rings. The molecule has 0 spiro atoms. The van der Waals surface area contributed by atoms with E-state index in [-0.39, 0.29) is 12.5 Å². The number of anilines is 1. The van der Waals surface area contributed by atoms with E-state index in [2.05, 4.69) is 31.2 Å². The van der Waals surface area contributed by atoms with E-state index >= 15 is 0 Å². The van der Waals surface area contributed by atoms with Gasteiger partial charge in [-0.1, -0.05) is 0 Å². The molecule has 2 N–H and O–H groups in total. The summed E-state index contributed by atoms with van der Waals surface area (Å²) in [4.78, 5) is 18.0. The molecule has 0 aromatic carbocycles. The highest BCUT2D eigenvalue weighted by Crippen LogP contribution is 2.21. The zero-order chi connectivity index (χ0) is 10.6. The average Bonchev–Trinajstić information content (AvgIpc) is 2.16. The fourth-order valence-electron chi connectivity index (χ4n) is 0.734. The summed E-state index contributed by atoms with van der Waals surface area (Å²) in [5, 5.41) is 10.9. The topological polar surface area (TPSA) is 84.3 Å². The number of nitrogens with zero attached hydrogens (tertiary/aromatic N) is 2. The number of aliphatic carboxylic acids is 1. The van der Waals surface area contributed by atoms with Gasteiger partial charge in [-0.3, -0.25) is 4.79 Å². The number of carbonyl (C=O) groups is 1. The van der Waals surface area contributed by atoms with Crippen molar-refractivity contribution in [2.45, 2.75) is 0 Å². The lowest BCUT2D eigenvalue weighted by atomic mass is 10.6. The van der Waals surface area contributed by atoms with Gasteiger partial charge in [-0.25, -0.2) is 4.98 Å². The lowest BCUT2D eigenvalue weighted by Gasteiger charge is -2.04. The molecule has 14 heavy (non-hydrogen) atoms. The minimum atomic E-state index is -0.976. The molecular formula is C7H8BrN3O3. The monoisotopic (exact) mass is 261 g/mol. The van der Waals surface area contributed by atoms with Crippen LogP contribution in [-0.2, 0) is 4.79 Å². The normalized spacial score (nSPS) is 9.57. The summed E-state index contributed by atoms with van der Waals surface area (Å²) >= 11 is 3.18.